The van der Waals surface area contributed by atoms with Crippen LogP contribution in [-0.4, -0.2) is 44.9 Å². The van der Waals surface area contributed by atoms with E-state index in [1.54, 1.807) is 19.2 Å². The second kappa shape index (κ2) is 6.23. The van der Waals surface area contributed by atoms with Crippen LogP contribution in [0.4, 0.5) is 5.69 Å². The fourth-order valence-electron chi connectivity index (χ4n) is 2.55. The number of nitrogens with zero attached hydrogens (tertiary/aromatic N) is 1. The van der Waals surface area contributed by atoms with Gasteiger partial charge in [0.05, 0.1) is 30.3 Å². The van der Waals surface area contributed by atoms with Gasteiger partial charge in [0.1, 0.15) is 11.6 Å². The van der Waals surface area contributed by atoms with Crippen LogP contribution in [0.25, 0.3) is 0 Å². The molecule has 1 saturated heterocycles. The van der Waals surface area contributed by atoms with Crippen molar-refractivity contribution in [1.29, 1.82) is 0 Å². The molecule has 0 bridgehead atoms. The number of sulfone groups is 1. The third-order valence-electron chi connectivity index (χ3n) is 3.63. The van der Waals surface area contributed by atoms with E-state index in [0.717, 1.165) is 5.56 Å². The fourth-order valence-corrected chi connectivity index (χ4v) is 4.38. The highest BCUT2D eigenvalue weighted by Crippen LogP contribution is 2.30. The molecule has 1 amide bonds. The number of alkyl halides is 1. The number of methoxy groups -OCH3 is 1. The predicted molar refractivity (Wildman–Crippen MR) is 83.0 cm³/mol. The van der Waals surface area contributed by atoms with Crippen LogP contribution in [0.2, 0.25) is 0 Å². The standard InChI is InChI=1S/C14H18ClNO4S/c1-10-3-4-12(20-2)7-13(10)16(14(17)8-15)11-5-6-21(18,19)9-11/h3-4,7,11H,5-6,8-9H2,1-2H3/t11-/m0/s1. The molecular formula is C14H18ClNO4S. The van der Waals surface area contributed by atoms with E-state index in [1.807, 2.05) is 13.0 Å². The minimum absolute atomic E-state index is 0.0215. The van der Waals surface area contributed by atoms with Crippen LogP contribution >= 0.6 is 11.6 Å². The molecule has 1 fully saturated rings. The van der Waals surface area contributed by atoms with Gasteiger partial charge in [-0.2, -0.15) is 0 Å². The van der Waals surface area contributed by atoms with Gasteiger partial charge in [0.25, 0.3) is 0 Å². The quantitative estimate of drug-likeness (QED) is 0.789. The van der Waals surface area contributed by atoms with Crippen molar-refractivity contribution in [3.8, 4) is 5.75 Å². The zero-order chi connectivity index (χ0) is 15.6. The third-order valence-corrected chi connectivity index (χ3v) is 5.61. The van der Waals surface area contributed by atoms with Crippen molar-refractivity contribution in [3.63, 3.8) is 0 Å². The van der Waals surface area contributed by atoms with Crippen molar-refractivity contribution in [2.24, 2.45) is 0 Å². The van der Waals surface area contributed by atoms with Crippen LogP contribution in [0.15, 0.2) is 18.2 Å². The molecule has 0 aromatic heterocycles. The monoisotopic (exact) mass is 331 g/mol. The van der Waals surface area contributed by atoms with Gasteiger partial charge in [-0.3, -0.25) is 4.79 Å². The van der Waals surface area contributed by atoms with Crippen LogP contribution in [-0.2, 0) is 14.6 Å². The first-order valence-corrected chi connectivity index (χ1v) is 8.96. The van der Waals surface area contributed by atoms with Gasteiger partial charge < -0.3 is 9.64 Å². The lowest BCUT2D eigenvalue weighted by Gasteiger charge is -2.29. The number of hydrogen-bond acceptors (Lipinski definition) is 4. The van der Waals surface area contributed by atoms with E-state index in [4.69, 9.17) is 16.3 Å². The maximum Gasteiger partial charge on any atom is 0.242 e. The van der Waals surface area contributed by atoms with Crippen molar-refractivity contribution in [3.05, 3.63) is 23.8 Å². The number of aryl methyl sites for hydroxylation is 1. The average molecular weight is 332 g/mol. The Labute approximate surface area is 129 Å². The molecule has 1 atom stereocenters. The van der Waals surface area contributed by atoms with E-state index in [-0.39, 0.29) is 29.3 Å². The van der Waals surface area contributed by atoms with Crippen molar-refractivity contribution < 1.29 is 17.9 Å². The number of benzene rings is 1. The molecule has 1 aliphatic heterocycles. The van der Waals surface area contributed by atoms with Gasteiger partial charge >= 0.3 is 0 Å². The number of carbonyl (C=O) groups is 1. The van der Waals surface area contributed by atoms with E-state index in [9.17, 15) is 13.2 Å². The number of anilines is 1. The number of amides is 1. The van der Waals surface area contributed by atoms with Crippen LogP contribution in [0, 0.1) is 6.92 Å². The zero-order valence-corrected chi connectivity index (χ0v) is 13.6. The van der Waals surface area contributed by atoms with Crippen LogP contribution in [0.1, 0.15) is 12.0 Å². The topological polar surface area (TPSA) is 63.7 Å². The summed E-state index contributed by atoms with van der Waals surface area (Å²) < 4.78 is 28.6. The van der Waals surface area contributed by atoms with Crippen molar-refractivity contribution in [2.45, 2.75) is 19.4 Å². The number of ether oxygens (including phenoxy) is 1. The molecule has 0 saturated carbocycles. The molecule has 5 nitrogen and oxygen atoms in total. The van der Waals surface area contributed by atoms with E-state index in [2.05, 4.69) is 0 Å². The molecule has 1 aromatic carbocycles. The molecule has 1 aliphatic rings. The lowest BCUT2D eigenvalue weighted by atomic mass is 10.1. The Kier molecular flexibility index (Phi) is 4.78. The van der Waals surface area contributed by atoms with Crippen molar-refractivity contribution >= 4 is 33.0 Å². The molecule has 21 heavy (non-hydrogen) atoms. The molecule has 1 heterocycles. The Morgan fingerprint density at radius 3 is 2.71 bits per heavy atom. The Bertz CT molecular complexity index is 644. The van der Waals surface area contributed by atoms with E-state index in [0.29, 0.717) is 17.9 Å². The van der Waals surface area contributed by atoms with E-state index >= 15 is 0 Å². The van der Waals surface area contributed by atoms with Gasteiger partial charge in [-0.25, -0.2) is 8.42 Å². The van der Waals surface area contributed by atoms with Crippen LogP contribution < -0.4 is 9.64 Å². The average Bonchev–Trinajstić information content (AvgIpc) is 2.80. The summed E-state index contributed by atoms with van der Waals surface area (Å²) in [5.74, 6) is 0.214. The summed E-state index contributed by atoms with van der Waals surface area (Å²) in [5.41, 5.74) is 1.53. The van der Waals surface area contributed by atoms with Crippen LogP contribution in [0.3, 0.4) is 0 Å². The summed E-state index contributed by atoms with van der Waals surface area (Å²) in [4.78, 5) is 13.7. The van der Waals surface area contributed by atoms with Gasteiger partial charge in [-0.05, 0) is 25.0 Å². The lowest BCUT2D eigenvalue weighted by molar-refractivity contribution is -0.116. The maximum atomic E-state index is 12.2. The first-order chi connectivity index (χ1) is 9.88. The molecule has 116 valence electrons. The summed E-state index contributed by atoms with van der Waals surface area (Å²) in [6.07, 6.45) is 0.432. The Morgan fingerprint density at radius 2 is 2.19 bits per heavy atom. The van der Waals surface area contributed by atoms with E-state index < -0.39 is 9.84 Å². The highest BCUT2D eigenvalue weighted by atomic mass is 35.5. The largest absolute Gasteiger partial charge is 0.497 e. The van der Waals surface area contributed by atoms with Gasteiger partial charge in [0, 0.05) is 6.07 Å². The number of hydrogen-bond donors (Lipinski definition) is 0. The third kappa shape index (κ3) is 3.49. The Morgan fingerprint density at radius 1 is 1.48 bits per heavy atom. The summed E-state index contributed by atoms with van der Waals surface area (Å²) >= 11 is 5.70. The van der Waals surface area contributed by atoms with E-state index in [1.165, 1.54) is 4.90 Å². The summed E-state index contributed by atoms with van der Waals surface area (Å²) in [6, 6.07) is 5.01. The van der Waals surface area contributed by atoms with Gasteiger partial charge in [-0.1, -0.05) is 6.07 Å². The second-order valence-electron chi connectivity index (χ2n) is 5.11. The number of carbonyl (C=O) groups excluding carboxylic acids is 1. The molecular weight excluding hydrogens is 314 g/mol. The highest BCUT2D eigenvalue weighted by Gasteiger charge is 2.35. The van der Waals surface area contributed by atoms with Crippen molar-refractivity contribution in [2.75, 3.05) is 29.4 Å². The van der Waals surface area contributed by atoms with Crippen molar-refractivity contribution in [1.82, 2.24) is 0 Å². The van der Waals surface area contributed by atoms with Gasteiger partial charge in [0.2, 0.25) is 5.91 Å². The minimum Gasteiger partial charge on any atom is -0.497 e. The lowest BCUT2D eigenvalue weighted by Crippen LogP contribution is -2.42. The fraction of sp³-hybridized carbons (Fsp3) is 0.500. The van der Waals surface area contributed by atoms with Crippen LogP contribution in [0.5, 0.6) is 5.75 Å². The molecule has 0 spiro atoms. The molecule has 7 heteroatoms. The van der Waals surface area contributed by atoms with Gasteiger partial charge in [-0.15, -0.1) is 11.6 Å². The summed E-state index contributed by atoms with van der Waals surface area (Å²) in [7, 11) is -1.54. The summed E-state index contributed by atoms with van der Waals surface area (Å²) in [6.45, 7) is 1.87. The Hall–Kier alpha value is -1.27. The molecule has 2 rings (SSSR count). The number of rotatable bonds is 4. The molecule has 0 aliphatic carbocycles. The minimum atomic E-state index is -3.09. The van der Waals surface area contributed by atoms with Gasteiger partial charge in [0.15, 0.2) is 9.84 Å². The normalized spacial score (nSPS) is 20.2. The number of halogens is 1. The summed E-state index contributed by atoms with van der Waals surface area (Å²) in [5, 5.41) is 0. The molecule has 0 radical (unpaired) electrons. The maximum absolute atomic E-state index is 12.2. The highest BCUT2D eigenvalue weighted by molar-refractivity contribution is 7.91. The zero-order valence-electron chi connectivity index (χ0n) is 12.0. The molecule has 0 N–H and O–H groups in total. The SMILES string of the molecule is COc1ccc(C)c(N(C(=O)CCl)[C@H]2CCS(=O)(=O)C2)c1. The first-order valence-electron chi connectivity index (χ1n) is 6.61. The predicted octanol–water partition coefficient (Wildman–Crippen LogP) is 1.76. The first kappa shape index (κ1) is 16.1. The Balaban J connectivity index is 2.44. The second-order valence-corrected chi connectivity index (χ2v) is 7.60. The molecule has 1 aromatic rings. The molecule has 0 unspecified atom stereocenters. The smallest absolute Gasteiger partial charge is 0.242 e.